The van der Waals surface area contributed by atoms with Crippen molar-refractivity contribution in [2.75, 3.05) is 43.5 Å². The number of imidazole rings is 1. The van der Waals surface area contributed by atoms with E-state index in [0.717, 1.165) is 6.07 Å². The zero-order valence-electron chi connectivity index (χ0n) is 20.8. The van der Waals surface area contributed by atoms with E-state index >= 15 is 0 Å². The lowest BCUT2D eigenvalue weighted by molar-refractivity contribution is -0.137. The van der Waals surface area contributed by atoms with E-state index in [0.29, 0.717) is 66.8 Å². The lowest BCUT2D eigenvalue weighted by atomic mass is 10.2. The molecule has 0 radical (unpaired) electrons. The summed E-state index contributed by atoms with van der Waals surface area (Å²) < 4.78 is 66.3. The number of halogens is 4. The van der Waals surface area contributed by atoms with Crippen LogP contribution in [0.3, 0.4) is 0 Å². The summed E-state index contributed by atoms with van der Waals surface area (Å²) in [5, 5.41) is 5.40. The molecule has 9 nitrogen and oxygen atoms in total. The number of nitrogens with zero attached hydrogens (tertiary/aromatic N) is 4. The van der Waals surface area contributed by atoms with Crippen LogP contribution in [0.1, 0.15) is 5.56 Å². The second-order valence-electron chi connectivity index (χ2n) is 8.88. The van der Waals surface area contributed by atoms with E-state index in [1.165, 1.54) is 6.20 Å². The van der Waals surface area contributed by atoms with Crippen molar-refractivity contribution in [1.29, 1.82) is 0 Å². The minimum atomic E-state index is -4.61. The Kier molecular flexibility index (Phi) is 7.35. The first kappa shape index (κ1) is 26.4. The van der Waals surface area contributed by atoms with Crippen molar-refractivity contribution in [1.82, 2.24) is 19.4 Å². The Morgan fingerprint density at radius 2 is 1.85 bits per heavy atom. The van der Waals surface area contributed by atoms with Crippen LogP contribution in [0, 0.1) is 5.82 Å². The monoisotopic (exact) mass is 544 g/mol. The molecule has 2 N–H and O–H groups in total. The van der Waals surface area contributed by atoms with Gasteiger partial charge in [0.15, 0.2) is 0 Å². The molecule has 0 aliphatic carbocycles. The normalized spacial score (nSPS) is 14.4. The number of hydrogen-bond donors (Lipinski definition) is 2. The standard InChI is InChI=1S/C26H24F4N6O3/c1-35-22-5-3-17(13-21(22)33-25(35)32-20-12-16(26(28,29)30)2-4-19(20)27)39-18-6-7-31-23(14-18)34-24(37)15-36-8-10-38-11-9-36/h2-7,12-14H,8-11,15H2,1H3,(H,32,33)(H,31,34,37). The molecule has 4 aromatic rings. The number of rotatable bonds is 7. The summed E-state index contributed by atoms with van der Waals surface area (Å²) in [6.45, 7) is 2.79. The van der Waals surface area contributed by atoms with Crippen LogP contribution in [0.2, 0.25) is 0 Å². The van der Waals surface area contributed by atoms with Crippen LogP contribution in [0.25, 0.3) is 11.0 Å². The molecule has 1 fully saturated rings. The molecule has 5 rings (SSSR count). The predicted molar refractivity (Wildman–Crippen MR) is 136 cm³/mol. The molecule has 2 aromatic heterocycles. The van der Waals surface area contributed by atoms with Gasteiger partial charge in [-0.15, -0.1) is 0 Å². The molecule has 13 heteroatoms. The van der Waals surface area contributed by atoms with Crippen molar-refractivity contribution in [3.05, 3.63) is 66.1 Å². The molecule has 3 heterocycles. The maximum atomic E-state index is 14.2. The highest BCUT2D eigenvalue weighted by Gasteiger charge is 2.31. The number of fused-ring (bicyclic) bond motifs is 1. The summed E-state index contributed by atoms with van der Waals surface area (Å²) in [5.41, 5.74) is -0.212. The van der Waals surface area contributed by atoms with Gasteiger partial charge < -0.3 is 24.7 Å². The number of alkyl halides is 3. The lowest BCUT2D eigenvalue weighted by Gasteiger charge is -2.25. The Hall–Kier alpha value is -4.23. The number of morpholine rings is 1. The average Bonchev–Trinajstić information content (AvgIpc) is 3.19. The van der Waals surface area contributed by atoms with Crippen LogP contribution in [0.5, 0.6) is 11.5 Å². The van der Waals surface area contributed by atoms with Gasteiger partial charge in [-0.25, -0.2) is 14.4 Å². The van der Waals surface area contributed by atoms with Crippen molar-refractivity contribution in [3.8, 4) is 11.5 Å². The third-order valence-electron chi connectivity index (χ3n) is 6.10. The van der Waals surface area contributed by atoms with Crippen molar-refractivity contribution in [2.45, 2.75) is 6.18 Å². The fourth-order valence-electron chi connectivity index (χ4n) is 4.10. The molecule has 2 aromatic carbocycles. The molecule has 204 valence electrons. The summed E-state index contributed by atoms with van der Waals surface area (Å²) in [7, 11) is 1.65. The second-order valence-corrected chi connectivity index (χ2v) is 8.88. The van der Waals surface area contributed by atoms with Gasteiger partial charge in [-0.1, -0.05) is 0 Å². The van der Waals surface area contributed by atoms with Gasteiger partial charge in [0, 0.05) is 38.5 Å². The third-order valence-corrected chi connectivity index (χ3v) is 6.10. The van der Waals surface area contributed by atoms with Crippen LogP contribution in [-0.2, 0) is 22.8 Å². The number of benzene rings is 2. The van der Waals surface area contributed by atoms with E-state index in [2.05, 4.69) is 20.6 Å². The molecular formula is C26H24F4N6O3. The number of amides is 1. The van der Waals surface area contributed by atoms with Crippen LogP contribution in [0.15, 0.2) is 54.7 Å². The minimum absolute atomic E-state index is 0.148. The average molecular weight is 545 g/mol. The first-order chi connectivity index (χ1) is 18.7. The first-order valence-electron chi connectivity index (χ1n) is 12.0. The van der Waals surface area contributed by atoms with Crippen molar-refractivity contribution < 1.29 is 31.8 Å². The molecule has 0 bridgehead atoms. The minimum Gasteiger partial charge on any atom is -0.457 e. The molecular weight excluding hydrogens is 520 g/mol. The Morgan fingerprint density at radius 3 is 2.62 bits per heavy atom. The number of hydrogen-bond acceptors (Lipinski definition) is 7. The molecule has 39 heavy (non-hydrogen) atoms. The SMILES string of the molecule is Cn1c(Nc2cc(C(F)(F)F)ccc2F)nc2cc(Oc3ccnc(NC(=O)CN4CCOCC4)c3)ccc21. The van der Waals surface area contributed by atoms with Crippen LogP contribution < -0.4 is 15.4 Å². The number of ether oxygens (including phenoxy) is 2. The van der Waals surface area contributed by atoms with Gasteiger partial charge >= 0.3 is 6.18 Å². The maximum Gasteiger partial charge on any atom is 0.416 e. The van der Waals surface area contributed by atoms with E-state index in [4.69, 9.17) is 9.47 Å². The van der Waals surface area contributed by atoms with Crippen molar-refractivity contribution in [2.24, 2.45) is 7.05 Å². The van der Waals surface area contributed by atoms with E-state index in [1.807, 2.05) is 4.90 Å². The van der Waals surface area contributed by atoms with E-state index in [9.17, 15) is 22.4 Å². The van der Waals surface area contributed by atoms with E-state index in [-0.39, 0.29) is 24.1 Å². The second kappa shape index (κ2) is 10.9. The quantitative estimate of drug-likeness (QED) is 0.319. The fourth-order valence-corrected chi connectivity index (χ4v) is 4.10. The lowest BCUT2D eigenvalue weighted by Crippen LogP contribution is -2.41. The number of aromatic nitrogens is 3. The smallest absolute Gasteiger partial charge is 0.416 e. The summed E-state index contributed by atoms with van der Waals surface area (Å²) in [6.07, 6.45) is -3.11. The van der Waals surface area contributed by atoms with E-state index in [1.54, 1.807) is 41.9 Å². The van der Waals surface area contributed by atoms with Crippen molar-refractivity contribution in [3.63, 3.8) is 0 Å². The predicted octanol–water partition coefficient (Wildman–Crippen LogP) is 4.93. The number of carbonyl (C=O) groups is 1. The number of aryl methyl sites for hydroxylation is 1. The number of anilines is 3. The highest BCUT2D eigenvalue weighted by molar-refractivity contribution is 5.91. The Morgan fingerprint density at radius 1 is 1.08 bits per heavy atom. The zero-order valence-corrected chi connectivity index (χ0v) is 20.8. The summed E-state index contributed by atoms with van der Waals surface area (Å²) in [6, 6.07) is 10.4. The topological polar surface area (TPSA) is 93.5 Å². The molecule has 0 unspecified atom stereocenters. The Labute approximate surface area is 220 Å². The number of nitrogens with one attached hydrogen (secondary N) is 2. The molecule has 0 atom stereocenters. The van der Waals surface area contributed by atoms with E-state index < -0.39 is 17.6 Å². The molecule has 1 aliphatic heterocycles. The molecule has 0 saturated carbocycles. The van der Waals surface area contributed by atoms with Crippen LogP contribution in [0.4, 0.5) is 35.0 Å². The number of carbonyl (C=O) groups excluding carboxylic acids is 1. The van der Waals surface area contributed by atoms with Crippen LogP contribution in [-0.4, -0.2) is 58.2 Å². The maximum absolute atomic E-state index is 14.2. The molecule has 1 amide bonds. The summed E-state index contributed by atoms with van der Waals surface area (Å²) >= 11 is 0. The first-order valence-corrected chi connectivity index (χ1v) is 12.0. The highest BCUT2D eigenvalue weighted by atomic mass is 19.4. The van der Waals surface area contributed by atoms with Crippen molar-refractivity contribution >= 4 is 34.4 Å². The largest absolute Gasteiger partial charge is 0.457 e. The van der Waals surface area contributed by atoms with Gasteiger partial charge in [0.25, 0.3) is 0 Å². The van der Waals surface area contributed by atoms with Gasteiger partial charge in [-0.2, -0.15) is 13.2 Å². The number of pyridine rings is 1. The van der Waals surface area contributed by atoms with Crippen LogP contribution >= 0.6 is 0 Å². The van der Waals surface area contributed by atoms with Gasteiger partial charge in [0.2, 0.25) is 11.9 Å². The highest BCUT2D eigenvalue weighted by Crippen LogP contribution is 2.33. The molecule has 1 saturated heterocycles. The Bertz CT molecular complexity index is 1500. The molecule has 0 spiro atoms. The Balaban J connectivity index is 1.29. The van der Waals surface area contributed by atoms with Gasteiger partial charge in [0.1, 0.15) is 23.1 Å². The molecule has 1 aliphatic rings. The van der Waals surface area contributed by atoms with Gasteiger partial charge in [0.05, 0.1) is 42.0 Å². The van der Waals surface area contributed by atoms with Gasteiger partial charge in [-0.05, 0) is 36.4 Å². The summed E-state index contributed by atoms with van der Waals surface area (Å²) in [5.74, 6) is 0.285. The third kappa shape index (κ3) is 6.26. The summed E-state index contributed by atoms with van der Waals surface area (Å²) in [4.78, 5) is 22.9. The fraction of sp³-hybridized carbons (Fsp3) is 0.269. The van der Waals surface area contributed by atoms with Gasteiger partial charge in [-0.3, -0.25) is 9.69 Å². The zero-order chi connectivity index (χ0) is 27.6.